The van der Waals surface area contributed by atoms with E-state index in [0.717, 1.165) is 44.0 Å². The molecular formula is C22H31FN4O. The molecule has 1 aliphatic heterocycles. The largest absolute Gasteiger partial charge is 0.334 e. The second-order valence-electron chi connectivity index (χ2n) is 7.98. The Hall–Kier alpha value is -2.21. The minimum absolute atomic E-state index is 0.120. The molecule has 0 radical (unpaired) electrons. The van der Waals surface area contributed by atoms with Gasteiger partial charge in [0.05, 0.1) is 6.54 Å². The van der Waals surface area contributed by atoms with Crippen LogP contribution in [-0.4, -0.2) is 44.4 Å². The van der Waals surface area contributed by atoms with Gasteiger partial charge in [0.25, 0.3) is 0 Å². The van der Waals surface area contributed by atoms with Gasteiger partial charge in [-0.15, -0.1) is 0 Å². The maximum Gasteiger partial charge on any atom is 0.224 e. The highest BCUT2D eigenvalue weighted by atomic mass is 19.1. The van der Waals surface area contributed by atoms with Crippen molar-refractivity contribution in [3.05, 3.63) is 53.9 Å². The molecule has 0 N–H and O–H groups in total. The molecule has 1 aromatic carbocycles. The van der Waals surface area contributed by atoms with Crippen LogP contribution in [0.2, 0.25) is 0 Å². The molecule has 1 aliphatic rings. The molecule has 1 aromatic heterocycles. The third-order valence-electron chi connectivity index (χ3n) is 5.47. The quantitative estimate of drug-likeness (QED) is 0.729. The number of rotatable bonds is 7. The van der Waals surface area contributed by atoms with Crippen LogP contribution in [0.1, 0.15) is 45.0 Å². The number of carbonyl (C=O) groups is 1. The predicted molar refractivity (Wildman–Crippen MR) is 108 cm³/mol. The molecule has 152 valence electrons. The molecule has 0 bridgehead atoms. The normalized spacial score (nSPS) is 18.7. The highest BCUT2D eigenvalue weighted by molar-refractivity contribution is 5.77. The van der Waals surface area contributed by atoms with Crippen molar-refractivity contribution in [3.63, 3.8) is 0 Å². The Morgan fingerprint density at radius 1 is 1.21 bits per heavy atom. The van der Waals surface area contributed by atoms with Crippen molar-refractivity contribution in [1.82, 2.24) is 19.4 Å². The van der Waals surface area contributed by atoms with Gasteiger partial charge in [-0.25, -0.2) is 9.37 Å². The Labute approximate surface area is 167 Å². The van der Waals surface area contributed by atoms with Crippen LogP contribution in [0.4, 0.5) is 4.39 Å². The minimum atomic E-state index is -0.250. The van der Waals surface area contributed by atoms with E-state index in [9.17, 15) is 9.18 Å². The van der Waals surface area contributed by atoms with Crippen molar-refractivity contribution in [3.8, 4) is 0 Å². The van der Waals surface area contributed by atoms with Gasteiger partial charge in [-0.3, -0.25) is 9.69 Å². The number of hydrogen-bond acceptors (Lipinski definition) is 3. The monoisotopic (exact) mass is 386 g/mol. The first-order valence-electron chi connectivity index (χ1n) is 10.2. The average molecular weight is 387 g/mol. The molecule has 6 heteroatoms. The molecule has 0 aliphatic carbocycles. The fraction of sp³-hybridized carbons (Fsp3) is 0.545. The molecule has 1 saturated heterocycles. The summed E-state index contributed by atoms with van der Waals surface area (Å²) in [5, 5.41) is 0. The number of halogens is 1. The maximum absolute atomic E-state index is 13.2. The SMILES string of the molecule is CCCn1ccnc1CN1CCC(=O)N(Cc2ccc(F)cc2)[C@@H](C(C)C)C1. The van der Waals surface area contributed by atoms with Crippen LogP contribution in [-0.2, 0) is 24.4 Å². The lowest BCUT2D eigenvalue weighted by atomic mass is 10.0. The predicted octanol–water partition coefficient (Wildman–Crippen LogP) is 3.69. The molecule has 5 nitrogen and oxygen atoms in total. The van der Waals surface area contributed by atoms with Crippen molar-refractivity contribution >= 4 is 5.91 Å². The van der Waals surface area contributed by atoms with Gasteiger partial charge < -0.3 is 9.47 Å². The number of carbonyl (C=O) groups excluding carboxylic acids is 1. The Morgan fingerprint density at radius 3 is 2.64 bits per heavy atom. The van der Waals surface area contributed by atoms with E-state index >= 15 is 0 Å². The standard InChI is InChI=1S/C22H31FN4O/c1-4-11-26-13-10-24-21(26)16-25-12-9-22(28)27(20(15-25)17(2)3)14-18-5-7-19(23)8-6-18/h5-8,10,13,17,20H,4,9,11-12,14-16H2,1-3H3/t20-/m1/s1. The van der Waals surface area contributed by atoms with E-state index in [0.29, 0.717) is 18.9 Å². The fourth-order valence-electron chi connectivity index (χ4n) is 3.88. The molecule has 0 unspecified atom stereocenters. The van der Waals surface area contributed by atoms with Crippen molar-refractivity contribution in [2.24, 2.45) is 5.92 Å². The van der Waals surface area contributed by atoms with Crippen LogP contribution in [0, 0.1) is 11.7 Å². The second-order valence-corrected chi connectivity index (χ2v) is 7.98. The maximum atomic E-state index is 13.2. The molecule has 28 heavy (non-hydrogen) atoms. The molecule has 0 saturated carbocycles. The van der Waals surface area contributed by atoms with Crippen LogP contribution >= 0.6 is 0 Å². The highest BCUT2D eigenvalue weighted by Gasteiger charge is 2.32. The van der Waals surface area contributed by atoms with E-state index in [-0.39, 0.29) is 17.8 Å². The summed E-state index contributed by atoms with van der Waals surface area (Å²) in [6.45, 7) is 10.3. The van der Waals surface area contributed by atoms with Crippen LogP contribution in [0.15, 0.2) is 36.7 Å². The van der Waals surface area contributed by atoms with E-state index in [4.69, 9.17) is 0 Å². The summed E-state index contributed by atoms with van der Waals surface area (Å²) in [6.07, 6.45) is 5.46. The lowest BCUT2D eigenvalue weighted by Gasteiger charge is -2.35. The highest BCUT2D eigenvalue weighted by Crippen LogP contribution is 2.22. The van der Waals surface area contributed by atoms with Crippen molar-refractivity contribution in [2.45, 2.75) is 59.3 Å². The summed E-state index contributed by atoms with van der Waals surface area (Å²) in [4.78, 5) is 21.8. The third-order valence-corrected chi connectivity index (χ3v) is 5.47. The summed E-state index contributed by atoms with van der Waals surface area (Å²) >= 11 is 0. The van der Waals surface area contributed by atoms with Crippen molar-refractivity contribution in [1.29, 1.82) is 0 Å². The molecule has 0 spiro atoms. The summed E-state index contributed by atoms with van der Waals surface area (Å²) in [5.41, 5.74) is 0.965. The first-order valence-corrected chi connectivity index (χ1v) is 10.2. The minimum Gasteiger partial charge on any atom is -0.334 e. The first kappa shape index (κ1) is 20.5. The van der Waals surface area contributed by atoms with Crippen molar-refractivity contribution in [2.75, 3.05) is 13.1 Å². The van der Waals surface area contributed by atoms with Gasteiger partial charge in [-0.05, 0) is 30.0 Å². The van der Waals surface area contributed by atoms with Gasteiger partial charge >= 0.3 is 0 Å². The zero-order valence-electron chi connectivity index (χ0n) is 17.1. The van der Waals surface area contributed by atoms with Crippen LogP contribution in [0.3, 0.4) is 0 Å². The molecule has 1 amide bonds. The molecular weight excluding hydrogens is 355 g/mol. The van der Waals surface area contributed by atoms with Gasteiger partial charge in [-0.1, -0.05) is 32.9 Å². The van der Waals surface area contributed by atoms with Gasteiger partial charge in [0.2, 0.25) is 5.91 Å². The molecule has 3 rings (SSSR count). The number of amides is 1. The Kier molecular flexibility index (Phi) is 6.83. The van der Waals surface area contributed by atoms with E-state index in [1.54, 1.807) is 12.1 Å². The second kappa shape index (κ2) is 9.32. The number of hydrogen-bond donors (Lipinski definition) is 0. The Balaban J connectivity index is 1.75. The van der Waals surface area contributed by atoms with Gasteiger partial charge in [0, 0.05) is 51.0 Å². The number of aromatic nitrogens is 2. The van der Waals surface area contributed by atoms with E-state index in [1.165, 1.54) is 12.1 Å². The van der Waals surface area contributed by atoms with Crippen LogP contribution in [0.5, 0.6) is 0 Å². The summed E-state index contributed by atoms with van der Waals surface area (Å²) in [5.74, 6) is 1.31. The zero-order valence-corrected chi connectivity index (χ0v) is 17.1. The van der Waals surface area contributed by atoms with Gasteiger partial charge in [0.15, 0.2) is 0 Å². The van der Waals surface area contributed by atoms with E-state index in [2.05, 4.69) is 35.2 Å². The summed E-state index contributed by atoms with van der Waals surface area (Å²) in [7, 11) is 0. The van der Waals surface area contributed by atoms with Gasteiger partial charge in [0.1, 0.15) is 11.6 Å². The van der Waals surface area contributed by atoms with Crippen LogP contribution < -0.4 is 0 Å². The smallest absolute Gasteiger partial charge is 0.224 e. The van der Waals surface area contributed by atoms with Crippen molar-refractivity contribution < 1.29 is 9.18 Å². The number of nitrogens with zero attached hydrogens (tertiary/aromatic N) is 4. The number of aryl methyl sites for hydroxylation is 1. The topological polar surface area (TPSA) is 41.4 Å². The average Bonchev–Trinajstić information content (AvgIpc) is 3.03. The number of imidazole rings is 1. The molecule has 1 fully saturated rings. The Morgan fingerprint density at radius 2 is 1.96 bits per heavy atom. The fourth-order valence-corrected chi connectivity index (χ4v) is 3.88. The number of benzene rings is 1. The zero-order chi connectivity index (χ0) is 20.1. The van der Waals surface area contributed by atoms with E-state index in [1.807, 2.05) is 17.3 Å². The summed E-state index contributed by atoms with van der Waals surface area (Å²) < 4.78 is 15.4. The van der Waals surface area contributed by atoms with Crippen LogP contribution in [0.25, 0.3) is 0 Å². The van der Waals surface area contributed by atoms with Gasteiger partial charge in [-0.2, -0.15) is 0 Å². The lowest BCUT2D eigenvalue weighted by molar-refractivity contribution is -0.134. The molecule has 2 aromatic rings. The molecule has 2 heterocycles. The summed E-state index contributed by atoms with van der Waals surface area (Å²) in [6, 6.07) is 6.58. The first-order chi connectivity index (χ1) is 13.5. The third kappa shape index (κ3) is 4.98. The molecule has 1 atom stereocenters. The Bertz CT molecular complexity index is 771. The van der Waals surface area contributed by atoms with E-state index < -0.39 is 0 Å². The lowest BCUT2D eigenvalue weighted by Crippen LogP contribution is -2.46.